The van der Waals surface area contributed by atoms with Crippen molar-refractivity contribution in [1.29, 1.82) is 0 Å². The Hall–Kier alpha value is -4.28. The molecular formula is C23H13ClN2O5. The van der Waals surface area contributed by atoms with Crippen LogP contribution in [-0.4, -0.2) is 32.1 Å². The molecule has 4 rings (SSSR count). The Bertz CT molecular complexity index is 1350. The van der Waals surface area contributed by atoms with E-state index in [4.69, 9.17) is 16.3 Å². The highest BCUT2D eigenvalue weighted by Crippen LogP contribution is 2.27. The van der Waals surface area contributed by atoms with Gasteiger partial charge in [-0.2, -0.15) is 4.98 Å². The van der Waals surface area contributed by atoms with Crippen molar-refractivity contribution in [3.8, 4) is 23.6 Å². The molecule has 3 aromatic carbocycles. The average Bonchev–Trinajstić information content (AvgIpc) is 3.13. The number of aromatic carboxylic acids is 2. The summed E-state index contributed by atoms with van der Waals surface area (Å²) in [6.45, 7) is 0. The highest BCUT2D eigenvalue weighted by Gasteiger charge is 2.14. The molecule has 0 unspecified atom stereocenters. The molecule has 0 aliphatic carbocycles. The maximum atomic E-state index is 11.3. The first kappa shape index (κ1) is 20.0. The fourth-order valence-corrected chi connectivity index (χ4v) is 3.03. The second-order valence-corrected chi connectivity index (χ2v) is 6.87. The molecule has 0 radical (unpaired) electrons. The van der Waals surface area contributed by atoms with Crippen LogP contribution in [0.5, 0.6) is 11.8 Å². The van der Waals surface area contributed by atoms with Gasteiger partial charge in [-0.1, -0.05) is 41.6 Å². The van der Waals surface area contributed by atoms with Gasteiger partial charge < -0.3 is 19.9 Å². The Morgan fingerprint density at radius 1 is 0.935 bits per heavy atom. The number of halogens is 1. The number of carbonyl (C=O) groups is 2. The van der Waals surface area contributed by atoms with Gasteiger partial charge in [0.25, 0.3) is 6.01 Å². The minimum absolute atomic E-state index is 0.0199. The van der Waals surface area contributed by atoms with Crippen LogP contribution in [0.2, 0.25) is 5.02 Å². The van der Waals surface area contributed by atoms with Gasteiger partial charge in [0, 0.05) is 11.1 Å². The third-order valence-electron chi connectivity index (χ3n) is 4.28. The molecule has 0 saturated carbocycles. The number of hydrogen-bond donors (Lipinski definition) is 3. The molecule has 3 N–H and O–H groups in total. The van der Waals surface area contributed by atoms with Gasteiger partial charge in [0.15, 0.2) is 0 Å². The summed E-state index contributed by atoms with van der Waals surface area (Å²) >= 11 is 6.32. The zero-order valence-electron chi connectivity index (χ0n) is 15.7. The van der Waals surface area contributed by atoms with Crippen LogP contribution in [0, 0.1) is 11.8 Å². The number of aromatic nitrogens is 2. The third kappa shape index (κ3) is 4.50. The van der Waals surface area contributed by atoms with Crippen molar-refractivity contribution >= 4 is 34.6 Å². The van der Waals surface area contributed by atoms with Gasteiger partial charge in [0.05, 0.1) is 27.2 Å². The molecule has 0 amide bonds. The van der Waals surface area contributed by atoms with E-state index in [-0.39, 0.29) is 22.9 Å². The first-order valence-corrected chi connectivity index (χ1v) is 9.33. The van der Waals surface area contributed by atoms with Crippen LogP contribution in [0.4, 0.5) is 0 Å². The molecule has 4 aromatic rings. The summed E-state index contributed by atoms with van der Waals surface area (Å²) in [5, 5.41) is 18.8. The molecule has 0 aliphatic rings. The molecule has 0 atom stereocenters. The van der Waals surface area contributed by atoms with E-state index in [0.29, 0.717) is 21.6 Å². The lowest BCUT2D eigenvalue weighted by Crippen LogP contribution is -2.03. The molecule has 0 spiro atoms. The second-order valence-electron chi connectivity index (χ2n) is 6.47. The number of benzene rings is 3. The number of H-pyrrole nitrogens is 1. The van der Waals surface area contributed by atoms with E-state index in [1.54, 1.807) is 12.1 Å². The van der Waals surface area contributed by atoms with E-state index in [0.717, 1.165) is 11.6 Å². The van der Waals surface area contributed by atoms with Crippen LogP contribution in [0.15, 0.2) is 60.7 Å². The molecule has 0 fully saturated rings. The fraction of sp³-hybridized carbons (Fsp3) is 0. The number of hydrogen-bond acceptors (Lipinski definition) is 4. The molecule has 7 nitrogen and oxygen atoms in total. The van der Waals surface area contributed by atoms with Gasteiger partial charge in [-0.05, 0) is 42.5 Å². The molecule has 0 aliphatic heterocycles. The Morgan fingerprint density at radius 2 is 1.61 bits per heavy atom. The lowest BCUT2D eigenvalue weighted by Gasteiger charge is -2.05. The minimum Gasteiger partial charge on any atom is -0.478 e. The maximum Gasteiger partial charge on any atom is 0.335 e. The number of aromatic amines is 1. The first-order chi connectivity index (χ1) is 14.9. The van der Waals surface area contributed by atoms with Gasteiger partial charge in [0.2, 0.25) is 0 Å². The van der Waals surface area contributed by atoms with Crippen molar-refractivity contribution in [2.45, 2.75) is 0 Å². The molecule has 0 bridgehead atoms. The van der Waals surface area contributed by atoms with Gasteiger partial charge in [-0.3, -0.25) is 0 Å². The molecule has 1 heterocycles. The number of carboxylic acid groups (broad SMARTS) is 2. The van der Waals surface area contributed by atoms with Crippen molar-refractivity contribution in [3.05, 3.63) is 87.9 Å². The Balaban J connectivity index is 1.67. The molecule has 31 heavy (non-hydrogen) atoms. The summed E-state index contributed by atoms with van der Waals surface area (Å²) < 4.78 is 5.58. The second kappa shape index (κ2) is 8.22. The Kier molecular flexibility index (Phi) is 5.31. The van der Waals surface area contributed by atoms with Crippen LogP contribution in [0.25, 0.3) is 11.0 Å². The van der Waals surface area contributed by atoms with Crippen molar-refractivity contribution in [2.75, 3.05) is 0 Å². The number of carboxylic acids is 2. The standard InChI is InChI=1S/C23H13ClN2O5/c24-18-12-20-19(11-14(18)7-6-13-4-2-1-3-5-13)25-23(26-20)31-17-9-15(21(27)28)8-16(10-17)22(29)30/h1-5,8-12H,(H,25,26)(H,27,28)(H,29,30). The number of rotatable bonds is 4. The Labute approximate surface area is 180 Å². The van der Waals surface area contributed by atoms with Gasteiger partial charge in [0.1, 0.15) is 5.75 Å². The SMILES string of the molecule is O=C(O)c1cc(Oc2nc3cc(Cl)c(C#Cc4ccccc4)cc3[nH]2)cc(C(=O)O)c1. The molecule has 8 heteroatoms. The van der Waals surface area contributed by atoms with Crippen molar-refractivity contribution in [2.24, 2.45) is 0 Å². The summed E-state index contributed by atoms with van der Waals surface area (Å²) in [7, 11) is 0. The highest BCUT2D eigenvalue weighted by atomic mass is 35.5. The predicted octanol–water partition coefficient (Wildman–Crippen LogP) is 4.80. The summed E-state index contributed by atoms with van der Waals surface area (Å²) in [5.41, 5.74) is 2.12. The quantitative estimate of drug-likeness (QED) is 0.399. The van der Waals surface area contributed by atoms with Crippen LogP contribution >= 0.6 is 11.6 Å². The number of ether oxygens (including phenoxy) is 1. The van der Waals surface area contributed by atoms with E-state index in [1.165, 1.54) is 12.1 Å². The Morgan fingerprint density at radius 3 is 2.26 bits per heavy atom. The molecular weight excluding hydrogens is 420 g/mol. The lowest BCUT2D eigenvalue weighted by atomic mass is 10.1. The van der Waals surface area contributed by atoms with Crippen molar-refractivity contribution < 1.29 is 24.5 Å². The zero-order valence-corrected chi connectivity index (χ0v) is 16.5. The normalized spacial score (nSPS) is 10.4. The van der Waals surface area contributed by atoms with Crippen LogP contribution in [-0.2, 0) is 0 Å². The zero-order chi connectivity index (χ0) is 22.0. The van der Waals surface area contributed by atoms with E-state index < -0.39 is 11.9 Å². The van der Waals surface area contributed by atoms with E-state index in [9.17, 15) is 19.8 Å². The fourth-order valence-electron chi connectivity index (χ4n) is 2.83. The largest absolute Gasteiger partial charge is 0.478 e. The van der Waals surface area contributed by atoms with E-state index in [1.807, 2.05) is 30.3 Å². The van der Waals surface area contributed by atoms with Gasteiger partial charge >= 0.3 is 11.9 Å². The number of nitrogens with one attached hydrogen (secondary N) is 1. The first-order valence-electron chi connectivity index (χ1n) is 8.95. The van der Waals surface area contributed by atoms with Crippen molar-refractivity contribution in [3.63, 3.8) is 0 Å². The van der Waals surface area contributed by atoms with Gasteiger partial charge in [-0.15, -0.1) is 0 Å². The van der Waals surface area contributed by atoms with Gasteiger partial charge in [-0.25, -0.2) is 9.59 Å². The minimum atomic E-state index is -1.27. The number of nitrogens with zero attached hydrogens (tertiary/aromatic N) is 1. The maximum absolute atomic E-state index is 11.3. The summed E-state index contributed by atoms with van der Waals surface area (Å²) in [6, 6.07) is 16.3. The molecule has 1 aromatic heterocycles. The highest BCUT2D eigenvalue weighted by molar-refractivity contribution is 6.32. The number of fused-ring (bicyclic) bond motifs is 1. The summed E-state index contributed by atoms with van der Waals surface area (Å²) in [5.74, 6) is 3.53. The third-order valence-corrected chi connectivity index (χ3v) is 4.59. The monoisotopic (exact) mass is 432 g/mol. The molecule has 152 valence electrons. The van der Waals surface area contributed by atoms with E-state index in [2.05, 4.69) is 21.8 Å². The van der Waals surface area contributed by atoms with E-state index >= 15 is 0 Å². The average molecular weight is 433 g/mol. The molecule has 0 saturated heterocycles. The van der Waals surface area contributed by atoms with Crippen LogP contribution in [0.1, 0.15) is 31.8 Å². The predicted molar refractivity (Wildman–Crippen MR) is 114 cm³/mol. The summed E-state index contributed by atoms with van der Waals surface area (Å²) in [4.78, 5) is 29.7. The lowest BCUT2D eigenvalue weighted by molar-refractivity contribution is 0.0696. The van der Waals surface area contributed by atoms with Crippen LogP contribution in [0.3, 0.4) is 0 Å². The number of imidazole rings is 1. The smallest absolute Gasteiger partial charge is 0.335 e. The summed E-state index contributed by atoms with van der Waals surface area (Å²) in [6.07, 6.45) is 0. The van der Waals surface area contributed by atoms with Crippen molar-refractivity contribution in [1.82, 2.24) is 9.97 Å². The topological polar surface area (TPSA) is 113 Å². The van der Waals surface area contributed by atoms with Crippen LogP contribution < -0.4 is 4.74 Å².